The van der Waals surface area contributed by atoms with Crippen LogP contribution in [0, 0.1) is 17.3 Å². The van der Waals surface area contributed by atoms with Gasteiger partial charge in [0.05, 0.1) is 35.9 Å². The van der Waals surface area contributed by atoms with E-state index in [1.54, 1.807) is 12.0 Å². The van der Waals surface area contributed by atoms with Crippen molar-refractivity contribution in [1.29, 1.82) is 0 Å². The molecule has 0 radical (unpaired) electrons. The minimum absolute atomic E-state index is 0.00626. The summed E-state index contributed by atoms with van der Waals surface area (Å²) in [4.78, 5) is 20.2. The third-order valence-electron chi connectivity index (χ3n) is 9.33. The number of rotatable bonds is 5. The minimum Gasteiger partial charge on any atom is -0.379 e. The number of methoxy groups -OCH3 is 1. The summed E-state index contributed by atoms with van der Waals surface area (Å²) in [6.45, 7) is 1.91. The van der Waals surface area contributed by atoms with Gasteiger partial charge in [0, 0.05) is 45.1 Å². The van der Waals surface area contributed by atoms with Crippen molar-refractivity contribution < 1.29 is 32.2 Å². The number of alkyl halides is 3. The van der Waals surface area contributed by atoms with E-state index in [0.717, 1.165) is 50.1 Å². The van der Waals surface area contributed by atoms with Gasteiger partial charge in [0.1, 0.15) is 0 Å². The number of pyridine rings is 1. The van der Waals surface area contributed by atoms with Crippen LogP contribution in [0.25, 0.3) is 0 Å². The average molecular weight is 545 g/mol. The third-order valence-corrected chi connectivity index (χ3v) is 9.33. The van der Waals surface area contributed by atoms with Gasteiger partial charge in [0.2, 0.25) is 5.91 Å². The molecular formula is C30H35F3N2O4. The molecule has 1 aromatic carbocycles. The number of hydrogen-bond acceptors (Lipinski definition) is 5. The fraction of sp³-hybridized carbons (Fsp3) is 0.600. The number of nitrogens with zero attached hydrogens (tertiary/aromatic N) is 2. The van der Waals surface area contributed by atoms with Crippen LogP contribution >= 0.6 is 0 Å². The van der Waals surface area contributed by atoms with E-state index >= 15 is 0 Å². The Morgan fingerprint density at radius 1 is 1.23 bits per heavy atom. The first kappa shape index (κ1) is 26.7. The Bertz CT molecular complexity index is 1190. The van der Waals surface area contributed by atoms with Gasteiger partial charge >= 0.3 is 6.18 Å². The summed E-state index contributed by atoms with van der Waals surface area (Å²) in [6.07, 6.45) is 0.526. The molecule has 6 atom stereocenters. The fourth-order valence-corrected chi connectivity index (χ4v) is 7.38. The lowest BCUT2D eigenvalue weighted by atomic mass is 9.76. The van der Waals surface area contributed by atoms with Crippen LogP contribution in [0.4, 0.5) is 13.2 Å². The maximum atomic E-state index is 14.4. The van der Waals surface area contributed by atoms with Crippen LogP contribution in [-0.4, -0.2) is 54.9 Å². The van der Waals surface area contributed by atoms with E-state index in [4.69, 9.17) is 14.2 Å². The quantitative estimate of drug-likeness (QED) is 0.508. The third kappa shape index (κ3) is 5.09. The smallest absolute Gasteiger partial charge is 0.379 e. The Hall–Kier alpha value is -2.49. The van der Waals surface area contributed by atoms with E-state index in [9.17, 15) is 18.0 Å². The molecule has 210 valence electrons. The normalized spacial score (nSPS) is 32.6. The number of aromatic nitrogens is 1. The van der Waals surface area contributed by atoms with Crippen molar-refractivity contribution in [3.8, 4) is 0 Å². The van der Waals surface area contributed by atoms with E-state index in [-0.39, 0.29) is 30.8 Å². The number of fused-ring (bicyclic) bond motifs is 2. The first-order valence-electron chi connectivity index (χ1n) is 13.9. The molecule has 6 rings (SSSR count). The van der Waals surface area contributed by atoms with E-state index in [1.807, 2.05) is 30.3 Å². The molecule has 6 nitrogen and oxygen atoms in total. The maximum Gasteiger partial charge on any atom is 0.417 e. The van der Waals surface area contributed by atoms with E-state index in [2.05, 4.69) is 4.98 Å². The summed E-state index contributed by atoms with van der Waals surface area (Å²) in [7, 11) is 1.72. The lowest BCUT2D eigenvalue weighted by Gasteiger charge is -2.37. The van der Waals surface area contributed by atoms with E-state index in [1.165, 1.54) is 0 Å². The fourth-order valence-electron chi connectivity index (χ4n) is 7.38. The molecule has 3 unspecified atom stereocenters. The molecule has 0 spiro atoms. The standard InChI is InChI=1S/C30H35F3N2O4/c1-37-26-18-38-10-8-21(26)11-19-12-27-29(14-19,15-25(39-27)20-5-3-2-4-6-20)28(36)35-9-7-24-22(17-35)13-23(16-34-24)30(31,32)33/h2-6,13,16,19,21,25-27H,7-12,14-15,17-18H2,1H3/t19-,21?,25?,26?,27-,29+/m1/s1. The van der Waals surface area contributed by atoms with Gasteiger partial charge in [-0.1, -0.05) is 30.3 Å². The molecule has 2 saturated heterocycles. The highest BCUT2D eigenvalue weighted by atomic mass is 19.4. The summed E-state index contributed by atoms with van der Waals surface area (Å²) in [6, 6.07) is 11.1. The predicted molar refractivity (Wildman–Crippen MR) is 137 cm³/mol. The highest BCUT2D eigenvalue weighted by Gasteiger charge is 2.60. The van der Waals surface area contributed by atoms with Crippen molar-refractivity contribution in [1.82, 2.24) is 9.88 Å². The zero-order chi connectivity index (χ0) is 27.2. The Morgan fingerprint density at radius 3 is 2.82 bits per heavy atom. The number of benzene rings is 1. The van der Waals surface area contributed by atoms with Gasteiger partial charge in [-0.05, 0) is 61.1 Å². The number of hydrogen-bond donors (Lipinski definition) is 0. The molecule has 4 aliphatic rings. The molecular weight excluding hydrogens is 509 g/mol. The lowest BCUT2D eigenvalue weighted by Crippen LogP contribution is -2.48. The molecule has 1 aromatic heterocycles. The summed E-state index contributed by atoms with van der Waals surface area (Å²) in [5.41, 5.74) is 0.717. The van der Waals surface area contributed by atoms with Crippen molar-refractivity contribution in [2.45, 2.75) is 69.6 Å². The van der Waals surface area contributed by atoms with Crippen molar-refractivity contribution in [2.75, 3.05) is 26.9 Å². The van der Waals surface area contributed by atoms with Crippen molar-refractivity contribution in [3.05, 3.63) is 65.0 Å². The van der Waals surface area contributed by atoms with Crippen molar-refractivity contribution in [3.63, 3.8) is 0 Å². The van der Waals surface area contributed by atoms with Crippen LogP contribution in [0.2, 0.25) is 0 Å². The maximum absolute atomic E-state index is 14.4. The molecule has 1 saturated carbocycles. The Balaban J connectivity index is 1.25. The second-order valence-electron chi connectivity index (χ2n) is 11.6. The molecule has 39 heavy (non-hydrogen) atoms. The SMILES string of the molecule is COC1COCCC1C[C@@H]1C[C@H]2OC(c3ccccc3)C[C@@]2(C(=O)N2CCc3ncc(C(F)(F)F)cc3C2)C1. The molecule has 0 bridgehead atoms. The molecule has 3 aliphatic heterocycles. The van der Waals surface area contributed by atoms with Gasteiger partial charge in [-0.25, -0.2) is 0 Å². The number of carbonyl (C=O) groups excluding carboxylic acids is 1. The Labute approximate surface area is 226 Å². The number of halogens is 3. The molecule has 3 fully saturated rings. The molecule has 1 aliphatic carbocycles. The zero-order valence-electron chi connectivity index (χ0n) is 22.2. The van der Waals surface area contributed by atoms with Crippen LogP contribution in [0.15, 0.2) is 42.6 Å². The molecule has 1 amide bonds. The first-order chi connectivity index (χ1) is 18.8. The van der Waals surface area contributed by atoms with E-state index in [0.29, 0.717) is 49.1 Å². The Morgan fingerprint density at radius 2 is 2.05 bits per heavy atom. The monoisotopic (exact) mass is 544 g/mol. The largest absolute Gasteiger partial charge is 0.417 e. The summed E-state index contributed by atoms with van der Waals surface area (Å²) in [5, 5.41) is 0. The summed E-state index contributed by atoms with van der Waals surface area (Å²) >= 11 is 0. The first-order valence-corrected chi connectivity index (χ1v) is 13.9. The number of carbonyl (C=O) groups is 1. The Kier molecular flexibility index (Phi) is 7.18. The van der Waals surface area contributed by atoms with Gasteiger partial charge in [0.15, 0.2) is 0 Å². The number of amides is 1. The molecule has 9 heteroatoms. The lowest BCUT2D eigenvalue weighted by molar-refractivity contribution is -0.145. The van der Waals surface area contributed by atoms with Crippen molar-refractivity contribution >= 4 is 5.91 Å². The zero-order valence-corrected chi connectivity index (χ0v) is 22.2. The van der Waals surface area contributed by atoms with Crippen LogP contribution in [0.5, 0.6) is 0 Å². The van der Waals surface area contributed by atoms with Gasteiger partial charge in [0.25, 0.3) is 0 Å². The topological polar surface area (TPSA) is 60.9 Å². The van der Waals surface area contributed by atoms with E-state index < -0.39 is 17.2 Å². The van der Waals surface area contributed by atoms with Gasteiger partial charge in [-0.15, -0.1) is 0 Å². The van der Waals surface area contributed by atoms with Gasteiger partial charge in [-0.3, -0.25) is 9.78 Å². The number of ether oxygens (including phenoxy) is 3. The molecule has 2 aromatic rings. The average Bonchev–Trinajstić information content (AvgIpc) is 3.47. The predicted octanol–water partition coefficient (Wildman–Crippen LogP) is 5.35. The highest BCUT2D eigenvalue weighted by molar-refractivity contribution is 5.84. The van der Waals surface area contributed by atoms with Crippen LogP contribution < -0.4 is 0 Å². The van der Waals surface area contributed by atoms with Crippen LogP contribution in [-0.2, 0) is 38.1 Å². The molecule has 0 N–H and O–H groups in total. The summed E-state index contributed by atoms with van der Waals surface area (Å²) in [5.74, 6) is 0.692. The second kappa shape index (κ2) is 10.5. The van der Waals surface area contributed by atoms with Gasteiger partial charge < -0.3 is 19.1 Å². The minimum atomic E-state index is -4.47. The summed E-state index contributed by atoms with van der Waals surface area (Å²) < 4.78 is 58.1. The highest BCUT2D eigenvalue weighted by Crippen LogP contribution is 2.58. The van der Waals surface area contributed by atoms with Crippen LogP contribution in [0.3, 0.4) is 0 Å². The molecule has 4 heterocycles. The van der Waals surface area contributed by atoms with Crippen molar-refractivity contribution in [2.24, 2.45) is 17.3 Å². The second-order valence-corrected chi connectivity index (χ2v) is 11.6. The van der Waals surface area contributed by atoms with Gasteiger partial charge in [-0.2, -0.15) is 13.2 Å². The van der Waals surface area contributed by atoms with Crippen LogP contribution in [0.1, 0.15) is 60.6 Å².